The average Bonchev–Trinajstić information content (AvgIpc) is 3.04. The van der Waals surface area contributed by atoms with E-state index >= 15 is 0 Å². The van der Waals surface area contributed by atoms with Gasteiger partial charge in [-0.3, -0.25) is 4.79 Å². The lowest BCUT2D eigenvalue weighted by molar-refractivity contribution is 0.102. The third-order valence-electron chi connectivity index (χ3n) is 2.90. The molecule has 1 N–H and O–H groups in total. The van der Waals surface area contributed by atoms with Gasteiger partial charge < -0.3 is 5.32 Å². The molecule has 6 nitrogen and oxygen atoms in total. The smallest absolute Gasteiger partial charge is 0.255 e. The maximum atomic E-state index is 13.2. The molecule has 22 heavy (non-hydrogen) atoms. The number of tetrazole rings is 1. The highest BCUT2D eigenvalue weighted by molar-refractivity contribution is 6.34. The third-order valence-corrected chi connectivity index (χ3v) is 3.23. The van der Waals surface area contributed by atoms with Crippen LogP contribution in [0.3, 0.4) is 0 Å². The SMILES string of the molecule is O=C(Nc1cc(-n2cnnn2)ccc1Cl)c1cccc(F)c1. The van der Waals surface area contributed by atoms with E-state index in [1.807, 2.05) is 0 Å². The van der Waals surface area contributed by atoms with Crippen molar-refractivity contribution in [3.8, 4) is 5.69 Å². The molecule has 0 aliphatic heterocycles. The summed E-state index contributed by atoms with van der Waals surface area (Å²) in [5.41, 5.74) is 1.21. The summed E-state index contributed by atoms with van der Waals surface area (Å²) in [7, 11) is 0. The Labute approximate surface area is 129 Å². The van der Waals surface area contributed by atoms with Crippen LogP contribution in [0.1, 0.15) is 10.4 Å². The fourth-order valence-electron chi connectivity index (χ4n) is 1.86. The van der Waals surface area contributed by atoms with Crippen molar-refractivity contribution >= 4 is 23.2 Å². The van der Waals surface area contributed by atoms with E-state index in [9.17, 15) is 9.18 Å². The van der Waals surface area contributed by atoms with Crippen molar-refractivity contribution in [2.45, 2.75) is 0 Å². The van der Waals surface area contributed by atoms with E-state index in [4.69, 9.17) is 11.6 Å². The molecule has 1 aromatic heterocycles. The largest absolute Gasteiger partial charge is 0.321 e. The molecule has 0 saturated heterocycles. The van der Waals surface area contributed by atoms with Gasteiger partial charge in [-0.2, -0.15) is 0 Å². The molecule has 0 aliphatic carbocycles. The van der Waals surface area contributed by atoms with Gasteiger partial charge in [-0.1, -0.05) is 17.7 Å². The number of hydrogen-bond acceptors (Lipinski definition) is 4. The Morgan fingerprint density at radius 3 is 2.82 bits per heavy atom. The van der Waals surface area contributed by atoms with Gasteiger partial charge in [0.05, 0.1) is 16.4 Å². The van der Waals surface area contributed by atoms with Crippen LogP contribution in [0.2, 0.25) is 5.02 Å². The minimum absolute atomic E-state index is 0.198. The summed E-state index contributed by atoms with van der Waals surface area (Å²) < 4.78 is 14.6. The highest BCUT2D eigenvalue weighted by Gasteiger charge is 2.11. The van der Waals surface area contributed by atoms with Gasteiger partial charge in [0.2, 0.25) is 0 Å². The van der Waals surface area contributed by atoms with Crippen molar-refractivity contribution in [1.29, 1.82) is 0 Å². The van der Waals surface area contributed by atoms with E-state index in [1.165, 1.54) is 29.2 Å². The van der Waals surface area contributed by atoms with E-state index in [0.717, 1.165) is 6.07 Å². The highest BCUT2D eigenvalue weighted by atomic mass is 35.5. The van der Waals surface area contributed by atoms with Crippen LogP contribution in [-0.4, -0.2) is 26.1 Å². The zero-order valence-electron chi connectivity index (χ0n) is 11.1. The Kier molecular flexibility index (Phi) is 3.80. The molecule has 0 bridgehead atoms. The molecule has 110 valence electrons. The van der Waals surface area contributed by atoms with Crippen LogP contribution in [0, 0.1) is 5.82 Å². The normalized spacial score (nSPS) is 10.5. The maximum Gasteiger partial charge on any atom is 0.255 e. The molecule has 0 atom stereocenters. The molecule has 1 amide bonds. The Bertz CT molecular complexity index is 822. The molecule has 0 aliphatic rings. The third kappa shape index (κ3) is 2.94. The Morgan fingerprint density at radius 2 is 2.09 bits per heavy atom. The summed E-state index contributed by atoms with van der Waals surface area (Å²) in [5, 5.41) is 13.8. The first kappa shape index (κ1) is 14.2. The molecule has 0 saturated carbocycles. The number of anilines is 1. The summed E-state index contributed by atoms with van der Waals surface area (Å²) in [4.78, 5) is 12.1. The molecule has 3 rings (SSSR count). The van der Waals surface area contributed by atoms with Gasteiger partial charge >= 0.3 is 0 Å². The molecule has 0 unspecified atom stereocenters. The van der Waals surface area contributed by atoms with Crippen LogP contribution in [0.25, 0.3) is 5.69 Å². The number of hydrogen-bond donors (Lipinski definition) is 1. The number of halogens is 2. The number of carbonyl (C=O) groups is 1. The van der Waals surface area contributed by atoms with Crippen molar-refractivity contribution in [2.24, 2.45) is 0 Å². The fraction of sp³-hybridized carbons (Fsp3) is 0. The molecule has 0 fully saturated rings. The Hall–Kier alpha value is -2.80. The summed E-state index contributed by atoms with van der Waals surface area (Å²) in [6, 6.07) is 10.3. The fourth-order valence-corrected chi connectivity index (χ4v) is 2.02. The summed E-state index contributed by atoms with van der Waals surface area (Å²) >= 11 is 6.07. The lowest BCUT2D eigenvalue weighted by Gasteiger charge is -2.09. The number of benzene rings is 2. The summed E-state index contributed by atoms with van der Waals surface area (Å²) in [6.45, 7) is 0. The number of nitrogens with zero attached hydrogens (tertiary/aromatic N) is 4. The van der Waals surface area contributed by atoms with E-state index in [0.29, 0.717) is 16.4 Å². The first-order valence-electron chi connectivity index (χ1n) is 6.23. The Morgan fingerprint density at radius 1 is 1.23 bits per heavy atom. The molecule has 0 radical (unpaired) electrons. The van der Waals surface area contributed by atoms with E-state index in [-0.39, 0.29) is 5.56 Å². The quantitative estimate of drug-likeness (QED) is 0.806. The number of nitrogens with one attached hydrogen (secondary N) is 1. The molecule has 2 aromatic carbocycles. The number of rotatable bonds is 3. The first-order valence-corrected chi connectivity index (χ1v) is 6.61. The lowest BCUT2D eigenvalue weighted by Crippen LogP contribution is -2.12. The predicted octanol–water partition coefficient (Wildman–Crippen LogP) is 2.71. The molecule has 1 heterocycles. The highest BCUT2D eigenvalue weighted by Crippen LogP contribution is 2.25. The van der Waals surface area contributed by atoms with E-state index < -0.39 is 11.7 Å². The molecule has 3 aromatic rings. The number of amides is 1. The van der Waals surface area contributed by atoms with Crippen molar-refractivity contribution in [3.05, 3.63) is 65.2 Å². The molecular formula is C14H9ClFN5O. The van der Waals surface area contributed by atoms with Crippen LogP contribution in [-0.2, 0) is 0 Å². The second-order valence-corrected chi connectivity index (χ2v) is 4.79. The second kappa shape index (κ2) is 5.90. The topological polar surface area (TPSA) is 72.7 Å². The van der Waals surface area contributed by atoms with Crippen molar-refractivity contribution < 1.29 is 9.18 Å². The molecule has 8 heteroatoms. The maximum absolute atomic E-state index is 13.2. The van der Waals surface area contributed by atoms with Gasteiger partial charge in [-0.05, 0) is 46.8 Å². The second-order valence-electron chi connectivity index (χ2n) is 4.38. The van der Waals surface area contributed by atoms with Gasteiger partial charge in [0.15, 0.2) is 0 Å². The van der Waals surface area contributed by atoms with Gasteiger partial charge in [0.25, 0.3) is 5.91 Å². The molecule has 0 spiro atoms. The van der Waals surface area contributed by atoms with Crippen LogP contribution >= 0.6 is 11.6 Å². The zero-order valence-corrected chi connectivity index (χ0v) is 11.8. The van der Waals surface area contributed by atoms with E-state index in [1.54, 1.807) is 18.2 Å². The van der Waals surface area contributed by atoms with Crippen molar-refractivity contribution in [3.63, 3.8) is 0 Å². The van der Waals surface area contributed by atoms with Gasteiger partial charge in [-0.25, -0.2) is 9.07 Å². The standard InChI is InChI=1S/C14H9ClFN5O/c15-12-5-4-11(21-8-17-19-20-21)7-13(12)18-14(22)9-2-1-3-10(16)6-9/h1-8H,(H,18,22). The average molecular weight is 318 g/mol. The molecular weight excluding hydrogens is 309 g/mol. The van der Waals surface area contributed by atoms with Gasteiger partial charge in [0, 0.05) is 5.56 Å². The van der Waals surface area contributed by atoms with Crippen LogP contribution in [0.5, 0.6) is 0 Å². The van der Waals surface area contributed by atoms with Crippen LogP contribution < -0.4 is 5.32 Å². The Balaban J connectivity index is 1.88. The monoisotopic (exact) mass is 317 g/mol. The predicted molar refractivity (Wildman–Crippen MR) is 78.5 cm³/mol. The van der Waals surface area contributed by atoms with Gasteiger partial charge in [0.1, 0.15) is 12.1 Å². The van der Waals surface area contributed by atoms with Crippen molar-refractivity contribution in [1.82, 2.24) is 20.2 Å². The lowest BCUT2D eigenvalue weighted by atomic mass is 10.2. The minimum Gasteiger partial charge on any atom is -0.321 e. The van der Waals surface area contributed by atoms with E-state index in [2.05, 4.69) is 20.8 Å². The zero-order chi connectivity index (χ0) is 15.5. The van der Waals surface area contributed by atoms with Crippen LogP contribution in [0.15, 0.2) is 48.8 Å². The minimum atomic E-state index is -0.485. The number of aromatic nitrogens is 4. The van der Waals surface area contributed by atoms with Crippen molar-refractivity contribution in [2.75, 3.05) is 5.32 Å². The number of carbonyl (C=O) groups excluding carboxylic acids is 1. The van der Waals surface area contributed by atoms with Crippen LogP contribution in [0.4, 0.5) is 10.1 Å². The first-order chi connectivity index (χ1) is 10.6. The summed E-state index contributed by atoms with van der Waals surface area (Å²) in [6.07, 6.45) is 1.42. The van der Waals surface area contributed by atoms with Gasteiger partial charge in [-0.15, -0.1) is 5.10 Å². The summed E-state index contributed by atoms with van der Waals surface area (Å²) in [5.74, 6) is -0.948.